The summed E-state index contributed by atoms with van der Waals surface area (Å²) in [5.41, 5.74) is -0.0406. The van der Waals surface area contributed by atoms with Crippen molar-refractivity contribution < 1.29 is 19.1 Å². The fourth-order valence-corrected chi connectivity index (χ4v) is 1.53. The highest BCUT2D eigenvalue weighted by Crippen LogP contribution is 2.12. The average Bonchev–Trinajstić information content (AvgIpc) is 2.86. The van der Waals surface area contributed by atoms with E-state index in [1.165, 1.54) is 12.5 Å². The number of hydrogen-bond donors (Lipinski definition) is 0. The van der Waals surface area contributed by atoms with Crippen molar-refractivity contribution in [2.45, 2.75) is 13.8 Å². The molecule has 0 aromatic carbocycles. The number of carbonyl (C=O) groups excluding carboxylic acids is 2. The maximum absolute atomic E-state index is 11.9. The highest BCUT2D eigenvalue weighted by Gasteiger charge is 2.24. The molecule has 0 fully saturated rings. The molecule has 0 spiro atoms. The Kier molecular flexibility index (Phi) is 3.69. The Morgan fingerprint density at radius 3 is 2.53 bits per heavy atom. The van der Waals surface area contributed by atoms with E-state index in [1.807, 2.05) is 0 Å². The Morgan fingerprint density at radius 2 is 1.84 bits per heavy atom. The molecule has 0 bridgehead atoms. The molecular formula is C11H12N4O4. The molecule has 0 radical (unpaired) electrons. The van der Waals surface area contributed by atoms with Crippen molar-refractivity contribution in [3.63, 3.8) is 0 Å². The zero-order valence-electron chi connectivity index (χ0n) is 10.5. The van der Waals surface area contributed by atoms with Gasteiger partial charge >= 0.3 is 11.9 Å². The van der Waals surface area contributed by atoms with Crippen molar-refractivity contribution in [2.75, 3.05) is 13.2 Å². The summed E-state index contributed by atoms with van der Waals surface area (Å²) in [5.74, 6) is -1.13. The lowest BCUT2D eigenvalue weighted by Gasteiger charge is -2.08. The third-order valence-electron chi connectivity index (χ3n) is 2.27. The van der Waals surface area contributed by atoms with Gasteiger partial charge in [-0.3, -0.25) is 0 Å². The van der Waals surface area contributed by atoms with Crippen LogP contribution in [0.5, 0.6) is 0 Å². The molecule has 0 N–H and O–H groups in total. The second-order valence-electron chi connectivity index (χ2n) is 3.43. The summed E-state index contributed by atoms with van der Waals surface area (Å²) in [5, 5.41) is 3.86. The van der Waals surface area contributed by atoms with Gasteiger partial charge in [0.2, 0.25) is 0 Å². The van der Waals surface area contributed by atoms with Crippen LogP contribution in [-0.4, -0.2) is 44.7 Å². The molecule has 0 amide bonds. The van der Waals surface area contributed by atoms with Gasteiger partial charge in [0, 0.05) is 6.20 Å². The Balaban J connectivity index is 2.58. The van der Waals surface area contributed by atoms with E-state index in [0.29, 0.717) is 0 Å². The lowest BCUT2D eigenvalue weighted by molar-refractivity contribution is 0.0470. The van der Waals surface area contributed by atoms with Crippen LogP contribution < -0.4 is 0 Å². The first-order valence-electron chi connectivity index (χ1n) is 5.72. The minimum absolute atomic E-state index is 0.00157. The second-order valence-corrected chi connectivity index (χ2v) is 3.43. The quantitative estimate of drug-likeness (QED) is 0.741. The molecule has 19 heavy (non-hydrogen) atoms. The summed E-state index contributed by atoms with van der Waals surface area (Å²) < 4.78 is 10.9. The molecule has 8 heteroatoms. The van der Waals surface area contributed by atoms with Crippen molar-refractivity contribution >= 4 is 17.7 Å². The molecule has 2 rings (SSSR count). The number of ether oxygens (including phenoxy) is 2. The molecule has 0 saturated carbocycles. The first-order valence-corrected chi connectivity index (χ1v) is 5.72. The predicted octanol–water partition coefficient (Wildman–Crippen LogP) is 0.478. The van der Waals surface area contributed by atoms with Crippen LogP contribution >= 0.6 is 0 Å². The smallest absolute Gasteiger partial charge is 0.358 e. The van der Waals surface area contributed by atoms with Gasteiger partial charge in [-0.05, 0) is 13.8 Å². The summed E-state index contributed by atoms with van der Waals surface area (Å²) >= 11 is 0. The second kappa shape index (κ2) is 5.42. The van der Waals surface area contributed by atoms with E-state index in [9.17, 15) is 9.59 Å². The highest BCUT2D eigenvalue weighted by molar-refractivity contribution is 6.02. The number of carbonyl (C=O) groups is 2. The van der Waals surface area contributed by atoms with Gasteiger partial charge in [-0.1, -0.05) is 0 Å². The number of aromatic nitrogens is 4. The number of nitrogens with zero attached hydrogens (tertiary/aromatic N) is 4. The lowest BCUT2D eigenvalue weighted by atomic mass is 10.2. The Labute approximate surface area is 108 Å². The molecule has 0 aliphatic rings. The number of fused-ring (bicyclic) bond motifs is 1. The molecule has 2 heterocycles. The molecule has 2 aromatic heterocycles. The fourth-order valence-electron chi connectivity index (χ4n) is 1.53. The van der Waals surface area contributed by atoms with Crippen molar-refractivity contribution in [2.24, 2.45) is 0 Å². The summed E-state index contributed by atoms with van der Waals surface area (Å²) in [6.07, 6.45) is 2.47. The van der Waals surface area contributed by atoms with Crippen LogP contribution in [0.15, 0.2) is 12.5 Å². The summed E-state index contributed by atoms with van der Waals surface area (Å²) in [6.45, 7) is 3.71. The van der Waals surface area contributed by atoms with Crippen molar-refractivity contribution in [3.05, 3.63) is 23.8 Å². The predicted molar refractivity (Wildman–Crippen MR) is 62.7 cm³/mol. The van der Waals surface area contributed by atoms with E-state index in [4.69, 9.17) is 9.47 Å². The van der Waals surface area contributed by atoms with Gasteiger partial charge in [-0.2, -0.15) is 14.6 Å². The van der Waals surface area contributed by atoms with Crippen LogP contribution in [0.25, 0.3) is 5.78 Å². The van der Waals surface area contributed by atoms with Crippen LogP contribution in [0.1, 0.15) is 34.7 Å². The lowest BCUT2D eigenvalue weighted by Crippen LogP contribution is -2.19. The largest absolute Gasteiger partial charge is 0.462 e. The first-order chi connectivity index (χ1) is 9.19. The van der Waals surface area contributed by atoms with E-state index < -0.39 is 11.9 Å². The molecule has 0 atom stereocenters. The minimum Gasteiger partial charge on any atom is -0.462 e. The van der Waals surface area contributed by atoms with E-state index in [1.54, 1.807) is 13.8 Å². The van der Waals surface area contributed by atoms with Crippen LogP contribution in [0.2, 0.25) is 0 Å². The van der Waals surface area contributed by atoms with Gasteiger partial charge in [-0.25, -0.2) is 14.6 Å². The molecule has 0 aliphatic heterocycles. The van der Waals surface area contributed by atoms with Crippen LogP contribution in [-0.2, 0) is 9.47 Å². The van der Waals surface area contributed by atoms with Crippen LogP contribution in [0.4, 0.5) is 0 Å². The monoisotopic (exact) mass is 264 g/mol. The molecule has 2 aromatic rings. The van der Waals surface area contributed by atoms with Gasteiger partial charge in [-0.15, -0.1) is 0 Å². The van der Waals surface area contributed by atoms with Gasteiger partial charge in [0.25, 0.3) is 5.78 Å². The van der Waals surface area contributed by atoms with Gasteiger partial charge < -0.3 is 9.47 Å². The van der Waals surface area contributed by atoms with E-state index in [0.717, 1.165) is 4.52 Å². The molecule has 0 saturated heterocycles. The zero-order valence-corrected chi connectivity index (χ0v) is 10.5. The molecule has 100 valence electrons. The Morgan fingerprint density at radius 1 is 1.16 bits per heavy atom. The van der Waals surface area contributed by atoms with Crippen LogP contribution in [0.3, 0.4) is 0 Å². The molecular weight excluding hydrogens is 252 g/mol. The summed E-state index contributed by atoms with van der Waals surface area (Å²) in [4.78, 5) is 31.5. The topological polar surface area (TPSA) is 95.7 Å². The van der Waals surface area contributed by atoms with Crippen molar-refractivity contribution in [1.29, 1.82) is 0 Å². The molecule has 0 aliphatic carbocycles. The summed E-state index contributed by atoms with van der Waals surface area (Å²) in [6, 6.07) is 0. The van der Waals surface area contributed by atoms with Gasteiger partial charge in [0.15, 0.2) is 5.69 Å². The number of esters is 2. The number of hydrogen-bond acceptors (Lipinski definition) is 7. The van der Waals surface area contributed by atoms with E-state index in [2.05, 4.69) is 15.1 Å². The number of rotatable bonds is 4. The highest BCUT2D eigenvalue weighted by atomic mass is 16.5. The van der Waals surface area contributed by atoms with Gasteiger partial charge in [0.05, 0.1) is 13.2 Å². The third-order valence-corrected chi connectivity index (χ3v) is 2.27. The zero-order chi connectivity index (χ0) is 13.8. The molecule has 8 nitrogen and oxygen atoms in total. The minimum atomic E-state index is -0.677. The normalized spacial score (nSPS) is 10.4. The average molecular weight is 264 g/mol. The Bertz CT molecular complexity index is 622. The Hall–Kier alpha value is -2.51. The fraction of sp³-hybridized carbons (Fsp3) is 0.364. The van der Waals surface area contributed by atoms with E-state index in [-0.39, 0.29) is 30.2 Å². The van der Waals surface area contributed by atoms with Gasteiger partial charge in [0.1, 0.15) is 11.9 Å². The maximum atomic E-state index is 11.9. The maximum Gasteiger partial charge on any atom is 0.358 e. The standard InChI is InChI=1S/C11H12N4O4/c1-3-18-9(16)7-5-12-11-13-6-14-15(11)8(7)10(17)19-4-2/h5-6H,3-4H2,1-2H3. The first kappa shape index (κ1) is 12.9. The van der Waals surface area contributed by atoms with E-state index >= 15 is 0 Å². The SMILES string of the molecule is CCOC(=O)c1cnc2ncnn2c1C(=O)OCC. The molecule has 0 unspecified atom stereocenters. The summed E-state index contributed by atoms with van der Waals surface area (Å²) in [7, 11) is 0. The van der Waals surface area contributed by atoms with Crippen molar-refractivity contribution in [3.8, 4) is 0 Å². The van der Waals surface area contributed by atoms with Crippen LogP contribution in [0, 0.1) is 0 Å². The third kappa shape index (κ3) is 2.37. The van der Waals surface area contributed by atoms with Crippen molar-refractivity contribution in [1.82, 2.24) is 19.6 Å².